The molecule has 4 rings (SSSR count). The largest absolute Gasteiger partial charge is 0.336 e. The molecule has 1 aliphatic heterocycles. The average molecular weight is 420 g/mol. The number of benzene rings is 2. The molecule has 152 valence electrons. The highest BCUT2D eigenvalue weighted by Gasteiger charge is 2.22. The van der Waals surface area contributed by atoms with Crippen LogP contribution in [0.25, 0.3) is 0 Å². The van der Waals surface area contributed by atoms with Crippen molar-refractivity contribution >= 4 is 46.2 Å². The van der Waals surface area contributed by atoms with Crippen LogP contribution in [0.1, 0.15) is 20.0 Å². The van der Waals surface area contributed by atoms with Gasteiger partial charge in [-0.05, 0) is 47.8 Å². The second-order valence-electron chi connectivity index (χ2n) is 6.74. The number of amides is 4. The Labute approximate surface area is 177 Å². The Balaban J connectivity index is 1.51. The number of anilines is 3. The highest BCUT2D eigenvalue weighted by Crippen LogP contribution is 2.25. The molecule has 0 aliphatic carbocycles. The van der Waals surface area contributed by atoms with E-state index in [1.165, 1.54) is 16.2 Å². The number of nitrogens with one attached hydrogen (secondary N) is 2. The first kappa shape index (κ1) is 19.7. The van der Waals surface area contributed by atoms with E-state index in [0.717, 1.165) is 5.69 Å². The van der Waals surface area contributed by atoms with Crippen LogP contribution >= 0.6 is 11.3 Å². The summed E-state index contributed by atoms with van der Waals surface area (Å²) in [6.45, 7) is 1.23. The zero-order valence-corrected chi connectivity index (χ0v) is 17.1. The quantitative estimate of drug-likeness (QED) is 0.659. The van der Waals surface area contributed by atoms with E-state index >= 15 is 0 Å². The molecule has 1 saturated heterocycles. The summed E-state index contributed by atoms with van der Waals surface area (Å²) in [6.07, 6.45) is 0. The van der Waals surface area contributed by atoms with Crippen molar-refractivity contribution in [3.8, 4) is 0 Å². The van der Waals surface area contributed by atoms with Gasteiger partial charge in [-0.3, -0.25) is 14.5 Å². The Morgan fingerprint density at radius 1 is 1.07 bits per heavy atom. The maximum atomic E-state index is 12.9. The molecule has 30 heavy (non-hydrogen) atoms. The van der Waals surface area contributed by atoms with Crippen LogP contribution in [0.3, 0.4) is 0 Å². The van der Waals surface area contributed by atoms with E-state index < -0.39 is 0 Å². The lowest BCUT2D eigenvalue weighted by Crippen LogP contribution is -2.28. The summed E-state index contributed by atoms with van der Waals surface area (Å²) in [6, 6.07) is 17.5. The first-order chi connectivity index (χ1) is 14.5. The van der Waals surface area contributed by atoms with Crippen molar-refractivity contribution in [3.63, 3.8) is 0 Å². The van der Waals surface area contributed by atoms with Crippen LogP contribution in [0.5, 0.6) is 0 Å². The minimum absolute atomic E-state index is 0.126. The Kier molecular flexibility index (Phi) is 5.49. The number of urea groups is 1. The van der Waals surface area contributed by atoms with Crippen LogP contribution in [0, 0.1) is 0 Å². The van der Waals surface area contributed by atoms with Gasteiger partial charge in [0.05, 0.1) is 16.1 Å². The molecule has 0 atom stereocenters. The van der Waals surface area contributed by atoms with Gasteiger partial charge in [0.2, 0.25) is 0 Å². The molecule has 0 spiro atoms. The predicted octanol–water partition coefficient (Wildman–Crippen LogP) is 3.81. The average Bonchev–Trinajstić information content (AvgIpc) is 3.45. The van der Waals surface area contributed by atoms with Gasteiger partial charge in [0.25, 0.3) is 11.8 Å². The highest BCUT2D eigenvalue weighted by molar-refractivity contribution is 7.12. The predicted molar refractivity (Wildman–Crippen MR) is 119 cm³/mol. The molecule has 2 heterocycles. The van der Waals surface area contributed by atoms with Gasteiger partial charge in [-0.2, -0.15) is 0 Å². The lowest BCUT2D eigenvalue weighted by Gasteiger charge is -2.20. The smallest absolute Gasteiger partial charge is 0.321 e. The van der Waals surface area contributed by atoms with Gasteiger partial charge in [-0.25, -0.2) is 4.79 Å². The van der Waals surface area contributed by atoms with Crippen molar-refractivity contribution in [1.82, 2.24) is 5.32 Å². The van der Waals surface area contributed by atoms with E-state index in [-0.39, 0.29) is 17.8 Å². The van der Waals surface area contributed by atoms with Crippen molar-refractivity contribution in [2.75, 3.05) is 35.3 Å². The van der Waals surface area contributed by atoms with Crippen molar-refractivity contribution in [3.05, 3.63) is 76.5 Å². The first-order valence-corrected chi connectivity index (χ1v) is 10.3. The molecule has 0 unspecified atom stereocenters. The fraction of sp³-hybridized carbons (Fsp3) is 0.136. The summed E-state index contributed by atoms with van der Waals surface area (Å²) < 4.78 is 0. The Morgan fingerprint density at radius 2 is 1.83 bits per heavy atom. The first-order valence-electron chi connectivity index (χ1n) is 9.42. The fourth-order valence-corrected chi connectivity index (χ4v) is 3.97. The van der Waals surface area contributed by atoms with Gasteiger partial charge in [0.15, 0.2) is 0 Å². The molecule has 0 bridgehead atoms. The maximum absolute atomic E-state index is 12.9. The van der Waals surface area contributed by atoms with E-state index in [2.05, 4.69) is 10.6 Å². The van der Waals surface area contributed by atoms with Crippen molar-refractivity contribution in [2.24, 2.45) is 0 Å². The van der Waals surface area contributed by atoms with Gasteiger partial charge in [-0.1, -0.05) is 18.2 Å². The van der Waals surface area contributed by atoms with Crippen LogP contribution in [0.4, 0.5) is 21.9 Å². The molecule has 1 fully saturated rings. The summed E-state index contributed by atoms with van der Waals surface area (Å²) in [7, 11) is 1.66. The number of carbonyl (C=O) groups is 3. The minimum Gasteiger partial charge on any atom is -0.336 e. The number of hydrogen-bond donors (Lipinski definition) is 2. The van der Waals surface area contributed by atoms with Crippen LogP contribution < -0.4 is 20.4 Å². The molecule has 2 N–H and O–H groups in total. The van der Waals surface area contributed by atoms with E-state index in [9.17, 15) is 14.4 Å². The van der Waals surface area contributed by atoms with Crippen molar-refractivity contribution < 1.29 is 14.4 Å². The van der Waals surface area contributed by atoms with Gasteiger partial charge in [0, 0.05) is 31.5 Å². The standard InChI is InChI=1S/C22H20N4O3S/c1-25(21(28)19-7-4-14-30-19)18-6-3-2-5-17(18)20(27)24-15-8-10-16(11-9-15)26-13-12-23-22(26)29/h2-11,14H,12-13H2,1H3,(H,23,29)(H,24,27). The number of nitrogens with zero attached hydrogens (tertiary/aromatic N) is 2. The topological polar surface area (TPSA) is 81.8 Å². The Hall–Kier alpha value is -3.65. The number of rotatable bonds is 5. The maximum Gasteiger partial charge on any atom is 0.321 e. The summed E-state index contributed by atoms with van der Waals surface area (Å²) in [5.74, 6) is -0.485. The van der Waals surface area contributed by atoms with Crippen molar-refractivity contribution in [1.29, 1.82) is 0 Å². The second-order valence-corrected chi connectivity index (χ2v) is 7.69. The normalized spacial score (nSPS) is 13.1. The molecule has 2 aromatic carbocycles. The molecule has 4 amide bonds. The zero-order chi connectivity index (χ0) is 21.1. The van der Waals surface area contributed by atoms with Crippen LogP contribution in [0.2, 0.25) is 0 Å². The van der Waals surface area contributed by atoms with Crippen molar-refractivity contribution in [2.45, 2.75) is 0 Å². The lowest BCUT2D eigenvalue weighted by molar-refractivity contribution is 0.0996. The summed E-state index contributed by atoms with van der Waals surface area (Å²) in [5, 5.41) is 7.46. The van der Waals surface area contributed by atoms with E-state index in [1.807, 2.05) is 11.4 Å². The number of para-hydroxylation sites is 1. The third-order valence-electron chi connectivity index (χ3n) is 4.84. The molecule has 3 aromatic rings. The lowest BCUT2D eigenvalue weighted by atomic mass is 10.1. The SMILES string of the molecule is CN(C(=O)c1cccs1)c1ccccc1C(=O)Nc1ccc(N2CCNC2=O)cc1. The van der Waals surface area contributed by atoms with Gasteiger partial charge < -0.3 is 15.5 Å². The minimum atomic E-state index is -0.317. The molecule has 7 nitrogen and oxygen atoms in total. The molecule has 0 radical (unpaired) electrons. The molecule has 0 saturated carbocycles. The Morgan fingerprint density at radius 3 is 2.50 bits per heavy atom. The van der Waals surface area contributed by atoms with E-state index in [1.54, 1.807) is 66.5 Å². The summed E-state index contributed by atoms with van der Waals surface area (Å²) in [4.78, 5) is 41.1. The highest BCUT2D eigenvalue weighted by atomic mass is 32.1. The fourth-order valence-electron chi connectivity index (χ4n) is 3.27. The third-order valence-corrected chi connectivity index (χ3v) is 5.70. The number of thiophene rings is 1. The van der Waals surface area contributed by atoms with Gasteiger partial charge >= 0.3 is 6.03 Å². The monoisotopic (exact) mass is 420 g/mol. The molecule has 1 aromatic heterocycles. The molecule has 8 heteroatoms. The zero-order valence-electron chi connectivity index (χ0n) is 16.3. The third kappa shape index (κ3) is 3.90. The van der Waals surface area contributed by atoms with Crippen LogP contribution in [0.15, 0.2) is 66.0 Å². The van der Waals surface area contributed by atoms with Crippen LogP contribution in [-0.4, -0.2) is 38.0 Å². The molecular formula is C22H20N4O3S. The van der Waals surface area contributed by atoms with Gasteiger partial charge in [0.1, 0.15) is 0 Å². The number of hydrogen-bond acceptors (Lipinski definition) is 4. The number of carbonyl (C=O) groups excluding carboxylic acids is 3. The van der Waals surface area contributed by atoms with Gasteiger partial charge in [-0.15, -0.1) is 11.3 Å². The molecular weight excluding hydrogens is 400 g/mol. The molecule has 1 aliphatic rings. The van der Waals surface area contributed by atoms with Crippen LogP contribution in [-0.2, 0) is 0 Å². The Bertz CT molecular complexity index is 1080. The summed E-state index contributed by atoms with van der Waals surface area (Å²) in [5.41, 5.74) is 2.29. The van der Waals surface area contributed by atoms with E-state index in [4.69, 9.17) is 0 Å². The van der Waals surface area contributed by atoms with E-state index in [0.29, 0.717) is 34.9 Å². The second kappa shape index (κ2) is 8.38. The summed E-state index contributed by atoms with van der Waals surface area (Å²) >= 11 is 1.36.